The fraction of sp³-hybridized carbons (Fsp3) is 0.700. The summed E-state index contributed by atoms with van der Waals surface area (Å²) in [5.74, 6) is 3.30. The number of pyridine rings is 1. The maximum Gasteiger partial charge on any atom is 0.225 e. The summed E-state index contributed by atoms with van der Waals surface area (Å²) in [5, 5.41) is 0. The van der Waals surface area contributed by atoms with Crippen LogP contribution in [0.3, 0.4) is 0 Å². The van der Waals surface area contributed by atoms with Gasteiger partial charge in [0.1, 0.15) is 5.82 Å². The molecular weight excluding hydrogens is 298 g/mol. The van der Waals surface area contributed by atoms with Gasteiger partial charge in [-0.25, -0.2) is 4.98 Å². The number of amides is 1. The van der Waals surface area contributed by atoms with Gasteiger partial charge in [0.2, 0.25) is 5.91 Å². The van der Waals surface area contributed by atoms with Crippen LogP contribution in [0.2, 0.25) is 0 Å². The summed E-state index contributed by atoms with van der Waals surface area (Å²) >= 11 is 0. The molecule has 4 nitrogen and oxygen atoms in total. The molecule has 1 saturated carbocycles. The number of hydrogen-bond acceptors (Lipinski definition) is 3. The third-order valence-corrected chi connectivity index (χ3v) is 6.36. The topological polar surface area (TPSA) is 36.4 Å². The molecule has 2 saturated heterocycles. The molecule has 4 heteroatoms. The lowest BCUT2D eigenvalue weighted by molar-refractivity contribution is -0.135. The Kier molecular flexibility index (Phi) is 4.47. The first-order valence-electron chi connectivity index (χ1n) is 9.67. The van der Waals surface area contributed by atoms with Gasteiger partial charge in [-0.3, -0.25) is 4.79 Å². The molecule has 0 spiro atoms. The molecule has 3 fully saturated rings. The molecular formula is C20H29N3O. The molecule has 1 aromatic rings. The zero-order valence-electron chi connectivity index (χ0n) is 14.8. The minimum Gasteiger partial charge on any atom is -0.357 e. The summed E-state index contributed by atoms with van der Waals surface area (Å²) in [6, 6.07) is 4.18. The molecule has 3 heterocycles. The summed E-state index contributed by atoms with van der Waals surface area (Å²) in [7, 11) is 0. The van der Waals surface area contributed by atoms with Crippen molar-refractivity contribution in [2.45, 2.75) is 45.4 Å². The minimum atomic E-state index is 0.228. The number of nitrogens with zero attached hydrogens (tertiary/aromatic N) is 3. The van der Waals surface area contributed by atoms with E-state index >= 15 is 0 Å². The predicted molar refractivity (Wildman–Crippen MR) is 95.9 cm³/mol. The molecule has 2 atom stereocenters. The second-order valence-electron chi connectivity index (χ2n) is 8.00. The molecule has 0 bridgehead atoms. The molecule has 130 valence electrons. The average Bonchev–Trinajstić information content (AvgIpc) is 3.05. The third kappa shape index (κ3) is 3.15. The second kappa shape index (κ2) is 6.73. The van der Waals surface area contributed by atoms with Crippen LogP contribution >= 0.6 is 0 Å². The number of carbonyl (C=O) groups is 1. The number of rotatable bonds is 2. The van der Waals surface area contributed by atoms with Crippen LogP contribution in [0.5, 0.6) is 0 Å². The lowest BCUT2D eigenvalue weighted by atomic mass is 9.82. The van der Waals surface area contributed by atoms with Crippen LogP contribution in [-0.4, -0.2) is 42.0 Å². The summed E-state index contributed by atoms with van der Waals surface area (Å²) in [6.45, 7) is 6.07. The van der Waals surface area contributed by atoms with E-state index in [1.165, 1.54) is 31.2 Å². The smallest absolute Gasteiger partial charge is 0.225 e. The zero-order valence-corrected chi connectivity index (χ0v) is 14.8. The highest BCUT2D eigenvalue weighted by molar-refractivity contribution is 5.79. The highest BCUT2D eigenvalue weighted by Gasteiger charge is 2.39. The molecule has 1 aliphatic carbocycles. The molecule has 2 unspecified atom stereocenters. The van der Waals surface area contributed by atoms with E-state index in [4.69, 9.17) is 0 Å². The van der Waals surface area contributed by atoms with Gasteiger partial charge in [-0.05, 0) is 62.1 Å². The van der Waals surface area contributed by atoms with E-state index in [1.54, 1.807) is 0 Å². The molecule has 24 heavy (non-hydrogen) atoms. The van der Waals surface area contributed by atoms with Crippen molar-refractivity contribution in [1.82, 2.24) is 9.88 Å². The predicted octanol–water partition coefficient (Wildman–Crippen LogP) is 3.26. The standard InChI is InChI=1S/C20H29N3O/c1-15-6-9-21-19(12-15)22-10-7-16(8-11-22)20(24)23-13-17-4-2-3-5-18(17)14-23/h6,9,12,16-18H,2-5,7-8,10-11,13-14H2,1H3. The van der Waals surface area contributed by atoms with E-state index in [0.29, 0.717) is 5.91 Å². The number of aryl methyl sites for hydroxylation is 1. The number of carbonyl (C=O) groups excluding carboxylic acids is 1. The average molecular weight is 327 g/mol. The Morgan fingerprint density at radius 2 is 1.75 bits per heavy atom. The van der Waals surface area contributed by atoms with Crippen LogP contribution in [0.4, 0.5) is 5.82 Å². The maximum atomic E-state index is 12.9. The molecule has 3 aliphatic rings. The van der Waals surface area contributed by atoms with Crippen molar-refractivity contribution in [1.29, 1.82) is 0 Å². The number of hydrogen-bond donors (Lipinski definition) is 0. The van der Waals surface area contributed by atoms with Gasteiger partial charge in [0.15, 0.2) is 0 Å². The van der Waals surface area contributed by atoms with E-state index in [1.807, 2.05) is 12.3 Å². The van der Waals surface area contributed by atoms with E-state index in [-0.39, 0.29) is 5.92 Å². The first kappa shape index (κ1) is 15.9. The highest BCUT2D eigenvalue weighted by atomic mass is 16.2. The molecule has 1 amide bonds. The summed E-state index contributed by atoms with van der Waals surface area (Å²) in [6.07, 6.45) is 9.24. The lowest BCUT2D eigenvalue weighted by Gasteiger charge is -2.34. The van der Waals surface area contributed by atoms with Crippen LogP contribution in [0.1, 0.15) is 44.1 Å². The molecule has 1 aromatic heterocycles. The molecule has 0 aromatic carbocycles. The third-order valence-electron chi connectivity index (χ3n) is 6.36. The number of piperidine rings is 1. The van der Waals surface area contributed by atoms with Crippen molar-refractivity contribution in [3.05, 3.63) is 23.9 Å². The van der Waals surface area contributed by atoms with Gasteiger partial charge in [-0.1, -0.05) is 12.8 Å². The van der Waals surface area contributed by atoms with E-state index < -0.39 is 0 Å². The van der Waals surface area contributed by atoms with Crippen LogP contribution < -0.4 is 4.90 Å². The van der Waals surface area contributed by atoms with Gasteiger partial charge in [-0.2, -0.15) is 0 Å². The second-order valence-corrected chi connectivity index (χ2v) is 8.00. The van der Waals surface area contributed by atoms with Gasteiger partial charge in [-0.15, -0.1) is 0 Å². The van der Waals surface area contributed by atoms with Crippen LogP contribution in [-0.2, 0) is 4.79 Å². The molecule has 0 radical (unpaired) electrons. The van der Waals surface area contributed by atoms with Crippen molar-refractivity contribution in [3.63, 3.8) is 0 Å². The Hall–Kier alpha value is -1.58. The van der Waals surface area contributed by atoms with Crippen molar-refractivity contribution in [2.24, 2.45) is 17.8 Å². The Morgan fingerprint density at radius 3 is 2.38 bits per heavy atom. The summed E-state index contributed by atoms with van der Waals surface area (Å²) in [4.78, 5) is 22.0. The quantitative estimate of drug-likeness (QED) is 0.836. The first-order valence-corrected chi connectivity index (χ1v) is 9.67. The Bertz CT molecular complexity index is 580. The summed E-state index contributed by atoms with van der Waals surface area (Å²) in [5.41, 5.74) is 1.25. The van der Waals surface area contributed by atoms with Gasteiger partial charge in [0, 0.05) is 38.3 Å². The van der Waals surface area contributed by atoms with Gasteiger partial charge >= 0.3 is 0 Å². The first-order chi connectivity index (χ1) is 11.7. The van der Waals surface area contributed by atoms with E-state index in [0.717, 1.165) is 56.7 Å². The largest absolute Gasteiger partial charge is 0.357 e. The lowest BCUT2D eigenvalue weighted by Crippen LogP contribution is -2.42. The van der Waals surface area contributed by atoms with Crippen LogP contribution in [0, 0.1) is 24.7 Å². The molecule has 4 rings (SSSR count). The van der Waals surface area contributed by atoms with Crippen molar-refractivity contribution in [2.75, 3.05) is 31.1 Å². The van der Waals surface area contributed by atoms with Crippen molar-refractivity contribution >= 4 is 11.7 Å². The number of fused-ring (bicyclic) bond motifs is 1. The number of likely N-dealkylation sites (tertiary alicyclic amines) is 1. The molecule has 2 aliphatic heterocycles. The molecule has 0 N–H and O–H groups in total. The Morgan fingerprint density at radius 1 is 1.08 bits per heavy atom. The van der Waals surface area contributed by atoms with E-state index in [9.17, 15) is 4.79 Å². The SMILES string of the molecule is Cc1ccnc(N2CCC(C(=O)N3CC4CCCCC4C3)CC2)c1. The maximum absolute atomic E-state index is 12.9. The van der Waals surface area contributed by atoms with Crippen molar-refractivity contribution < 1.29 is 4.79 Å². The van der Waals surface area contributed by atoms with Gasteiger partial charge in [0.05, 0.1) is 0 Å². The minimum absolute atomic E-state index is 0.228. The monoisotopic (exact) mass is 327 g/mol. The van der Waals surface area contributed by atoms with Crippen LogP contribution in [0.15, 0.2) is 18.3 Å². The van der Waals surface area contributed by atoms with Gasteiger partial charge < -0.3 is 9.80 Å². The normalized spacial score (nSPS) is 28.0. The zero-order chi connectivity index (χ0) is 16.5. The number of anilines is 1. The number of aromatic nitrogens is 1. The van der Waals surface area contributed by atoms with E-state index in [2.05, 4.69) is 27.8 Å². The Balaban J connectivity index is 1.33. The summed E-state index contributed by atoms with van der Waals surface area (Å²) < 4.78 is 0. The Labute approximate surface area is 145 Å². The van der Waals surface area contributed by atoms with Crippen molar-refractivity contribution in [3.8, 4) is 0 Å². The fourth-order valence-electron chi connectivity index (χ4n) is 4.89. The van der Waals surface area contributed by atoms with Crippen LogP contribution in [0.25, 0.3) is 0 Å². The fourth-order valence-corrected chi connectivity index (χ4v) is 4.89. The van der Waals surface area contributed by atoms with Gasteiger partial charge in [0.25, 0.3) is 0 Å². The highest BCUT2D eigenvalue weighted by Crippen LogP contribution is 2.37.